The van der Waals surface area contributed by atoms with Crippen molar-refractivity contribution in [2.45, 2.75) is 51.6 Å². The van der Waals surface area contributed by atoms with Crippen molar-refractivity contribution in [1.82, 2.24) is 9.80 Å². The van der Waals surface area contributed by atoms with Crippen LogP contribution in [0, 0.1) is 0 Å². The number of hydrogen-bond acceptors (Lipinski definition) is 3. The monoisotopic (exact) mass is 242 g/mol. The molecule has 1 rings (SSSR count). The third kappa shape index (κ3) is 5.04. The maximum absolute atomic E-state index is 10.6. The number of hydrogen-bond donors (Lipinski definition) is 1. The molecule has 0 spiro atoms. The Bertz CT molecular complexity index is 244. The van der Waals surface area contributed by atoms with E-state index in [0.29, 0.717) is 18.6 Å². The van der Waals surface area contributed by atoms with E-state index in [1.165, 1.54) is 19.4 Å². The normalized spacial score (nSPS) is 23.0. The summed E-state index contributed by atoms with van der Waals surface area (Å²) >= 11 is 0. The smallest absolute Gasteiger partial charge is 0.304 e. The zero-order valence-electron chi connectivity index (χ0n) is 11.4. The largest absolute Gasteiger partial charge is 0.481 e. The number of carboxylic acids is 1. The van der Waals surface area contributed by atoms with Crippen LogP contribution in [0.15, 0.2) is 0 Å². The fourth-order valence-electron chi connectivity index (χ4n) is 2.51. The number of aliphatic carboxylic acids is 1. The Morgan fingerprint density at radius 2 is 2.12 bits per heavy atom. The lowest BCUT2D eigenvalue weighted by atomic mass is 10.1. The molecule has 17 heavy (non-hydrogen) atoms. The van der Waals surface area contributed by atoms with Crippen molar-refractivity contribution in [2.75, 3.05) is 26.7 Å². The summed E-state index contributed by atoms with van der Waals surface area (Å²) in [5, 5.41) is 8.70. The Hall–Kier alpha value is -0.610. The van der Waals surface area contributed by atoms with Crippen molar-refractivity contribution in [3.05, 3.63) is 0 Å². The third-order valence-electron chi connectivity index (χ3n) is 3.76. The van der Waals surface area contributed by atoms with Gasteiger partial charge in [-0.25, -0.2) is 0 Å². The summed E-state index contributed by atoms with van der Waals surface area (Å²) in [5.74, 6) is -0.700. The predicted octanol–water partition coefficient (Wildman–Crippen LogP) is 1.66. The molecular weight excluding hydrogens is 216 g/mol. The number of rotatable bonds is 5. The Kier molecular flexibility index (Phi) is 5.92. The van der Waals surface area contributed by atoms with Crippen LogP contribution < -0.4 is 0 Å². The molecular formula is C13H26N2O2. The van der Waals surface area contributed by atoms with Gasteiger partial charge in [0.05, 0.1) is 6.42 Å². The van der Waals surface area contributed by atoms with Crippen LogP contribution >= 0.6 is 0 Å². The van der Waals surface area contributed by atoms with Gasteiger partial charge in [0.1, 0.15) is 0 Å². The van der Waals surface area contributed by atoms with Gasteiger partial charge in [0, 0.05) is 18.6 Å². The quantitative estimate of drug-likeness (QED) is 0.796. The van der Waals surface area contributed by atoms with Gasteiger partial charge in [0.15, 0.2) is 0 Å². The number of nitrogens with zero attached hydrogens (tertiary/aromatic N) is 2. The molecule has 0 aliphatic carbocycles. The molecule has 1 saturated heterocycles. The van der Waals surface area contributed by atoms with Crippen LogP contribution in [0.4, 0.5) is 0 Å². The second kappa shape index (κ2) is 6.97. The average Bonchev–Trinajstić information content (AvgIpc) is 2.51. The van der Waals surface area contributed by atoms with Crippen LogP contribution in [0.2, 0.25) is 0 Å². The van der Waals surface area contributed by atoms with Crippen LogP contribution in [0.1, 0.15) is 39.5 Å². The number of carbonyl (C=O) groups is 1. The lowest BCUT2D eigenvalue weighted by Gasteiger charge is -2.27. The minimum absolute atomic E-state index is 0.251. The molecule has 0 bridgehead atoms. The molecule has 0 radical (unpaired) electrons. The first-order valence-electron chi connectivity index (χ1n) is 6.66. The number of carboxylic acid groups (broad SMARTS) is 1. The summed E-state index contributed by atoms with van der Waals surface area (Å²) in [4.78, 5) is 15.3. The van der Waals surface area contributed by atoms with Crippen molar-refractivity contribution in [3.8, 4) is 0 Å². The van der Waals surface area contributed by atoms with E-state index in [1.54, 1.807) is 0 Å². The maximum Gasteiger partial charge on any atom is 0.304 e. The molecule has 1 unspecified atom stereocenters. The van der Waals surface area contributed by atoms with E-state index < -0.39 is 5.97 Å². The maximum atomic E-state index is 10.6. The van der Waals surface area contributed by atoms with Gasteiger partial charge in [0.2, 0.25) is 0 Å². The molecule has 1 atom stereocenters. The highest BCUT2D eigenvalue weighted by Crippen LogP contribution is 2.17. The van der Waals surface area contributed by atoms with Gasteiger partial charge < -0.3 is 14.9 Å². The first kappa shape index (κ1) is 14.5. The SMILES string of the molecule is CC(C)N1CCCC(N(C)CCC(=O)O)CC1. The Balaban J connectivity index is 2.37. The third-order valence-corrected chi connectivity index (χ3v) is 3.76. The first-order chi connectivity index (χ1) is 8.00. The second-order valence-electron chi connectivity index (χ2n) is 5.34. The summed E-state index contributed by atoms with van der Waals surface area (Å²) in [6, 6.07) is 1.18. The Morgan fingerprint density at radius 1 is 1.41 bits per heavy atom. The molecule has 0 aromatic rings. The van der Waals surface area contributed by atoms with E-state index in [0.717, 1.165) is 13.0 Å². The fraction of sp³-hybridized carbons (Fsp3) is 0.923. The van der Waals surface area contributed by atoms with Gasteiger partial charge in [-0.15, -0.1) is 0 Å². The fourth-order valence-corrected chi connectivity index (χ4v) is 2.51. The standard InChI is InChI=1S/C13H26N2O2/c1-11(2)15-8-4-5-12(6-10-15)14(3)9-7-13(16)17/h11-12H,4-10H2,1-3H3,(H,16,17). The van der Waals surface area contributed by atoms with Crippen LogP contribution in [-0.2, 0) is 4.79 Å². The first-order valence-corrected chi connectivity index (χ1v) is 6.66. The van der Waals surface area contributed by atoms with Gasteiger partial charge in [0.25, 0.3) is 0 Å². The van der Waals surface area contributed by atoms with Crippen molar-refractivity contribution in [1.29, 1.82) is 0 Å². The zero-order valence-corrected chi connectivity index (χ0v) is 11.4. The van der Waals surface area contributed by atoms with Gasteiger partial charge in [-0.3, -0.25) is 4.79 Å². The Labute approximate surface area is 105 Å². The molecule has 1 heterocycles. The van der Waals surface area contributed by atoms with Crippen molar-refractivity contribution in [2.24, 2.45) is 0 Å². The summed E-state index contributed by atoms with van der Waals surface area (Å²) in [5.41, 5.74) is 0. The molecule has 4 nitrogen and oxygen atoms in total. The van der Waals surface area contributed by atoms with Crippen LogP contribution in [0.5, 0.6) is 0 Å². The summed E-state index contributed by atoms with van der Waals surface area (Å²) < 4.78 is 0. The average molecular weight is 242 g/mol. The van der Waals surface area contributed by atoms with Gasteiger partial charge in [-0.1, -0.05) is 0 Å². The summed E-state index contributed by atoms with van der Waals surface area (Å²) in [6.07, 6.45) is 3.83. The predicted molar refractivity (Wildman–Crippen MR) is 69.2 cm³/mol. The van der Waals surface area contributed by atoms with E-state index in [9.17, 15) is 4.79 Å². The zero-order chi connectivity index (χ0) is 12.8. The minimum Gasteiger partial charge on any atom is -0.481 e. The lowest BCUT2D eigenvalue weighted by Crippen LogP contribution is -2.35. The van der Waals surface area contributed by atoms with E-state index in [2.05, 4.69) is 30.7 Å². The van der Waals surface area contributed by atoms with E-state index in [-0.39, 0.29) is 6.42 Å². The van der Waals surface area contributed by atoms with E-state index in [4.69, 9.17) is 5.11 Å². The van der Waals surface area contributed by atoms with Gasteiger partial charge in [-0.05, 0) is 53.2 Å². The molecule has 0 amide bonds. The molecule has 1 aliphatic heterocycles. The minimum atomic E-state index is -0.700. The second-order valence-corrected chi connectivity index (χ2v) is 5.34. The lowest BCUT2D eigenvalue weighted by molar-refractivity contribution is -0.137. The van der Waals surface area contributed by atoms with Crippen LogP contribution in [0.25, 0.3) is 0 Å². The topological polar surface area (TPSA) is 43.8 Å². The van der Waals surface area contributed by atoms with Crippen molar-refractivity contribution < 1.29 is 9.90 Å². The van der Waals surface area contributed by atoms with E-state index >= 15 is 0 Å². The summed E-state index contributed by atoms with van der Waals surface area (Å²) in [6.45, 7) is 7.48. The highest BCUT2D eigenvalue weighted by atomic mass is 16.4. The molecule has 1 fully saturated rings. The Morgan fingerprint density at radius 3 is 2.71 bits per heavy atom. The van der Waals surface area contributed by atoms with E-state index in [1.807, 2.05) is 0 Å². The van der Waals surface area contributed by atoms with Gasteiger partial charge >= 0.3 is 5.97 Å². The van der Waals surface area contributed by atoms with Gasteiger partial charge in [-0.2, -0.15) is 0 Å². The molecule has 1 aliphatic rings. The van der Waals surface area contributed by atoms with Crippen LogP contribution in [-0.4, -0.2) is 59.6 Å². The van der Waals surface area contributed by atoms with Crippen LogP contribution in [0.3, 0.4) is 0 Å². The summed E-state index contributed by atoms with van der Waals surface area (Å²) in [7, 11) is 2.05. The molecule has 0 aromatic heterocycles. The molecule has 100 valence electrons. The molecule has 0 aromatic carbocycles. The highest BCUT2D eigenvalue weighted by molar-refractivity contribution is 5.66. The molecule has 0 saturated carbocycles. The highest BCUT2D eigenvalue weighted by Gasteiger charge is 2.21. The molecule has 1 N–H and O–H groups in total. The van der Waals surface area contributed by atoms with Crippen molar-refractivity contribution >= 4 is 5.97 Å². The number of likely N-dealkylation sites (tertiary alicyclic amines) is 1. The molecule has 4 heteroatoms. The van der Waals surface area contributed by atoms with Crippen molar-refractivity contribution in [3.63, 3.8) is 0 Å².